The van der Waals surface area contributed by atoms with Gasteiger partial charge in [0.15, 0.2) is 11.5 Å². The Morgan fingerprint density at radius 2 is 1.92 bits per heavy atom. The summed E-state index contributed by atoms with van der Waals surface area (Å²) in [7, 11) is 0. The molecular formula is C20H22N2O4. The molecule has 1 aliphatic rings. The zero-order chi connectivity index (χ0) is 18.5. The Bertz CT molecular complexity index is 819. The van der Waals surface area contributed by atoms with Gasteiger partial charge in [-0.2, -0.15) is 0 Å². The number of carbonyl (C=O) groups excluding carboxylic acids is 2. The van der Waals surface area contributed by atoms with Gasteiger partial charge in [-0.1, -0.05) is 29.8 Å². The minimum absolute atomic E-state index is 0.0242. The number of rotatable bonds is 6. The maximum atomic E-state index is 12.3. The number of amides is 2. The molecule has 0 atom stereocenters. The summed E-state index contributed by atoms with van der Waals surface area (Å²) in [4.78, 5) is 25.9. The monoisotopic (exact) mass is 354 g/mol. The van der Waals surface area contributed by atoms with Gasteiger partial charge in [0.2, 0.25) is 12.7 Å². The van der Waals surface area contributed by atoms with Gasteiger partial charge in [0, 0.05) is 32.1 Å². The normalized spacial score (nSPS) is 11.9. The standard InChI is InChI=1S/C20H22N2O4/c1-14-4-3-5-16(10-14)12-22(15(2)23)9-8-21-20(24)17-6-7-18-19(11-17)26-13-25-18/h3-7,10-11H,8-9,12-13H2,1-2H3,(H,21,24). The first-order valence-electron chi connectivity index (χ1n) is 8.52. The van der Waals surface area contributed by atoms with E-state index in [4.69, 9.17) is 9.47 Å². The highest BCUT2D eigenvalue weighted by Gasteiger charge is 2.16. The molecule has 0 bridgehead atoms. The minimum Gasteiger partial charge on any atom is -0.454 e. The number of nitrogens with zero attached hydrogens (tertiary/aromatic N) is 1. The van der Waals surface area contributed by atoms with Gasteiger partial charge < -0.3 is 19.7 Å². The van der Waals surface area contributed by atoms with E-state index in [9.17, 15) is 9.59 Å². The van der Waals surface area contributed by atoms with Crippen molar-refractivity contribution in [2.75, 3.05) is 19.9 Å². The van der Waals surface area contributed by atoms with Gasteiger partial charge in [-0.25, -0.2) is 0 Å². The summed E-state index contributed by atoms with van der Waals surface area (Å²) in [6.07, 6.45) is 0. The summed E-state index contributed by atoms with van der Waals surface area (Å²) >= 11 is 0. The first-order valence-corrected chi connectivity index (χ1v) is 8.52. The van der Waals surface area contributed by atoms with Crippen LogP contribution >= 0.6 is 0 Å². The third-order valence-electron chi connectivity index (χ3n) is 4.20. The summed E-state index contributed by atoms with van der Waals surface area (Å²) < 4.78 is 10.5. The van der Waals surface area contributed by atoms with Crippen LogP contribution < -0.4 is 14.8 Å². The van der Waals surface area contributed by atoms with Crippen molar-refractivity contribution in [3.8, 4) is 11.5 Å². The zero-order valence-corrected chi connectivity index (χ0v) is 15.0. The SMILES string of the molecule is CC(=O)N(CCNC(=O)c1ccc2c(c1)OCO2)Cc1cccc(C)c1. The van der Waals surface area contributed by atoms with E-state index in [1.807, 2.05) is 25.1 Å². The van der Waals surface area contributed by atoms with Crippen molar-refractivity contribution < 1.29 is 19.1 Å². The van der Waals surface area contributed by atoms with Crippen molar-refractivity contribution in [3.05, 3.63) is 59.2 Å². The van der Waals surface area contributed by atoms with Gasteiger partial charge in [0.05, 0.1) is 0 Å². The quantitative estimate of drug-likeness (QED) is 0.865. The van der Waals surface area contributed by atoms with Crippen LogP contribution in [0.25, 0.3) is 0 Å². The van der Waals surface area contributed by atoms with Crippen molar-refractivity contribution in [1.29, 1.82) is 0 Å². The van der Waals surface area contributed by atoms with E-state index in [2.05, 4.69) is 11.4 Å². The largest absolute Gasteiger partial charge is 0.454 e. The molecule has 0 unspecified atom stereocenters. The molecule has 0 spiro atoms. The maximum Gasteiger partial charge on any atom is 0.251 e. The first-order chi connectivity index (χ1) is 12.5. The van der Waals surface area contributed by atoms with E-state index in [-0.39, 0.29) is 18.6 Å². The summed E-state index contributed by atoms with van der Waals surface area (Å²) in [5.41, 5.74) is 2.73. The molecule has 1 aliphatic heterocycles. The fourth-order valence-corrected chi connectivity index (χ4v) is 2.82. The van der Waals surface area contributed by atoms with Crippen LogP contribution in [0.3, 0.4) is 0 Å². The molecule has 0 aromatic heterocycles. The minimum atomic E-state index is -0.206. The molecule has 1 heterocycles. The van der Waals surface area contributed by atoms with Gasteiger partial charge in [-0.05, 0) is 30.7 Å². The van der Waals surface area contributed by atoms with Crippen molar-refractivity contribution in [2.24, 2.45) is 0 Å². The molecular weight excluding hydrogens is 332 g/mol. The second-order valence-electron chi connectivity index (χ2n) is 6.25. The van der Waals surface area contributed by atoms with Crippen molar-refractivity contribution in [2.45, 2.75) is 20.4 Å². The molecule has 136 valence electrons. The topological polar surface area (TPSA) is 67.9 Å². The Morgan fingerprint density at radius 1 is 1.12 bits per heavy atom. The fourth-order valence-electron chi connectivity index (χ4n) is 2.82. The Morgan fingerprint density at radius 3 is 2.69 bits per heavy atom. The number of fused-ring (bicyclic) bond motifs is 1. The third kappa shape index (κ3) is 4.33. The number of ether oxygens (including phenoxy) is 2. The number of aryl methyl sites for hydroxylation is 1. The Labute approximate surface area is 152 Å². The summed E-state index contributed by atoms with van der Waals surface area (Å²) in [6.45, 7) is 5.07. The lowest BCUT2D eigenvalue weighted by Crippen LogP contribution is -2.37. The van der Waals surface area contributed by atoms with Crippen LogP contribution in [0, 0.1) is 6.92 Å². The van der Waals surface area contributed by atoms with Crippen LogP contribution in [0.15, 0.2) is 42.5 Å². The average Bonchev–Trinajstić information content (AvgIpc) is 3.08. The van der Waals surface area contributed by atoms with Crippen LogP contribution in [0.4, 0.5) is 0 Å². The molecule has 0 saturated carbocycles. The van der Waals surface area contributed by atoms with E-state index < -0.39 is 0 Å². The summed E-state index contributed by atoms with van der Waals surface area (Å²) in [5.74, 6) is 0.983. The lowest BCUT2D eigenvalue weighted by molar-refractivity contribution is -0.129. The smallest absolute Gasteiger partial charge is 0.251 e. The number of benzene rings is 2. The zero-order valence-electron chi connectivity index (χ0n) is 15.0. The molecule has 0 aliphatic carbocycles. The Hall–Kier alpha value is -3.02. The number of hydrogen-bond acceptors (Lipinski definition) is 4. The van der Waals surface area contributed by atoms with Crippen molar-refractivity contribution in [3.63, 3.8) is 0 Å². The van der Waals surface area contributed by atoms with E-state index in [0.29, 0.717) is 36.7 Å². The lowest BCUT2D eigenvalue weighted by Gasteiger charge is -2.21. The van der Waals surface area contributed by atoms with Crippen LogP contribution in [0.2, 0.25) is 0 Å². The maximum absolute atomic E-state index is 12.3. The number of hydrogen-bond donors (Lipinski definition) is 1. The molecule has 1 N–H and O–H groups in total. The highest BCUT2D eigenvalue weighted by Crippen LogP contribution is 2.32. The van der Waals surface area contributed by atoms with Crippen LogP contribution in [0.5, 0.6) is 11.5 Å². The molecule has 6 nitrogen and oxygen atoms in total. The third-order valence-corrected chi connectivity index (χ3v) is 4.20. The molecule has 0 saturated heterocycles. The second-order valence-corrected chi connectivity index (χ2v) is 6.25. The molecule has 6 heteroatoms. The van der Waals surface area contributed by atoms with E-state index >= 15 is 0 Å². The van der Waals surface area contributed by atoms with Crippen molar-refractivity contribution >= 4 is 11.8 Å². The van der Waals surface area contributed by atoms with Gasteiger partial charge >= 0.3 is 0 Å². The van der Waals surface area contributed by atoms with Gasteiger partial charge in [0.25, 0.3) is 5.91 Å². The van der Waals surface area contributed by atoms with Gasteiger partial charge in [-0.15, -0.1) is 0 Å². The average molecular weight is 354 g/mol. The molecule has 0 fully saturated rings. The van der Waals surface area contributed by atoms with Gasteiger partial charge in [-0.3, -0.25) is 9.59 Å². The van der Waals surface area contributed by atoms with Crippen molar-refractivity contribution in [1.82, 2.24) is 10.2 Å². The number of carbonyl (C=O) groups is 2. The Kier molecular flexibility index (Phi) is 5.41. The van der Waals surface area contributed by atoms with Crippen LogP contribution in [0.1, 0.15) is 28.4 Å². The van der Waals surface area contributed by atoms with Crippen LogP contribution in [-0.4, -0.2) is 36.6 Å². The highest BCUT2D eigenvalue weighted by molar-refractivity contribution is 5.94. The Balaban J connectivity index is 1.54. The number of nitrogens with one attached hydrogen (secondary N) is 1. The molecule has 26 heavy (non-hydrogen) atoms. The molecule has 0 radical (unpaired) electrons. The molecule has 2 amide bonds. The second kappa shape index (κ2) is 7.91. The summed E-state index contributed by atoms with van der Waals surface area (Å²) in [5, 5.41) is 2.84. The lowest BCUT2D eigenvalue weighted by atomic mass is 10.1. The van der Waals surface area contributed by atoms with E-state index in [0.717, 1.165) is 11.1 Å². The predicted molar refractivity (Wildman–Crippen MR) is 97.2 cm³/mol. The predicted octanol–water partition coefficient (Wildman–Crippen LogP) is 2.50. The fraction of sp³-hybridized carbons (Fsp3) is 0.300. The summed E-state index contributed by atoms with van der Waals surface area (Å²) in [6, 6.07) is 13.1. The van der Waals surface area contributed by atoms with E-state index in [1.54, 1.807) is 23.1 Å². The van der Waals surface area contributed by atoms with Gasteiger partial charge in [0.1, 0.15) is 0 Å². The van der Waals surface area contributed by atoms with E-state index in [1.165, 1.54) is 6.92 Å². The van der Waals surface area contributed by atoms with Crippen LogP contribution in [-0.2, 0) is 11.3 Å². The molecule has 3 rings (SSSR count). The molecule has 2 aromatic carbocycles. The molecule has 2 aromatic rings. The first kappa shape index (κ1) is 17.8. The highest BCUT2D eigenvalue weighted by atomic mass is 16.7.